The van der Waals surface area contributed by atoms with Gasteiger partial charge in [-0.25, -0.2) is 0 Å². The van der Waals surface area contributed by atoms with Crippen LogP contribution in [0.3, 0.4) is 0 Å². The lowest BCUT2D eigenvalue weighted by Crippen LogP contribution is -2.46. The average Bonchev–Trinajstić information content (AvgIpc) is 3.32. The van der Waals surface area contributed by atoms with Gasteiger partial charge in [-0.1, -0.05) is 34.8 Å². The van der Waals surface area contributed by atoms with Crippen LogP contribution in [0.4, 0.5) is 5.69 Å². The Morgan fingerprint density at radius 2 is 1.79 bits per heavy atom. The van der Waals surface area contributed by atoms with E-state index in [-0.39, 0.29) is 17.7 Å². The summed E-state index contributed by atoms with van der Waals surface area (Å²) in [6, 6.07) is 14.6. The largest absolute Gasteiger partial charge is 0.490 e. The first-order chi connectivity index (χ1) is 20.4. The summed E-state index contributed by atoms with van der Waals surface area (Å²) < 4.78 is 9.16. The molecule has 9 heteroatoms. The second-order valence-corrected chi connectivity index (χ2v) is 13.2. The van der Waals surface area contributed by atoms with E-state index in [0.29, 0.717) is 18.9 Å². The maximum atomic E-state index is 12.5. The van der Waals surface area contributed by atoms with Gasteiger partial charge in [-0.15, -0.1) is 0 Å². The molecule has 224 valence electrons. The van der Waals surface area contributed by atoms with Crippen LogP contribution in [0.2, 0.25) is 0 Å². The van der Waals surface area contributed by atoms with Gasteiger partial charge in [0, 0.05) is 55.2 Å². The SMILES string of the molecule is Cn1nc(C2CCC(=O)NC2=O)c2ccc(N3CCN(CCCCC4CCC(Oc5cccc(Br)c5)CC4)CC3)cc21. The van der Waals surface area contributed by atoms with E-state index in [2.05, 4.69) is 61.4 Å². The number of imide groups is 1. The average molecular weight is 637 g/mol. The minimum absolute atomic E-state index is 0.195. The molecule has 0 radical (unpaired) electrons. The highest BCUT2D eigenvalue weighted by Crippen LogP contribution is 2.33. The lowest BCUT2D eigenvalue weighted by atomic mass is 9.84. The number of carbonyl (C=O) groups excluding carboxylic acids is 2. The van der Waals surface area contributed by atoms with Crippen LogP contribution in [-0.2, 0) is 16.6 Å². The quantitative estimate of drug-likeness (QED) is 0.237. The third-order valence-electron chi connectivity index (χ3n) is 9.40. The number of aryl methyl sites for hydroxylation is 1. The van der Waals surface area contributed by atoms with Gasteiger partial charge in [0.15, 0.2) is 0 Å². The first-order valence-electron chi connectivity index (χ1n) is 15.6. The lowest BCUT2D eigenvalue weighted by molar-refractivity contribution is -0.134. The predicted octanol–water partition coefficient (Wildman–Crippen LogP) is 5.79. The monoisotopic (exact) mass is 635 g/mol. The van der Waals surface area contributed by atoms with Crippen molar-refractivity contribution >= 4 is 44.3 Å². The number of piperazine rings is 1. The van der Waals surface area contributed by atoms with E-state index < -0.39 is 0 Å². The number of benzene rings is 2. The fraction of sp³-hybridized carbons (Fsp3) is 0.545. The summed E-state index contributed by atoms with van der Waals surface area (Å²) in [6.45, 7) is 5.40. The Morgan fingerprint density at radius 1 is 0.976 bits per heavy atom. The summed E-state index contributed by atoms with van der Waals surface area (Å²) in [4.78, 5) is 29.1. The molecule has 42 heavy (non-hydrogen) atoms. The van der Waals surface area contributed by atoms with Gasteiger partial charge in [0.2, 0.25) is 11.8 Å². The Hall–Kier alpha value is -2.91. The van der Waals surface area contributed by atoms with Crippen LogP contribution in [-0.4, -0.2) is 65.3 Å². The molecular formula is C33H42BrN5O3. The van der Waals surface area contributed by atoms with Crippen LogP contribution < -0.4 is 15.0 Å². The van der Waals surface area contributed by atoms with Gasteiger partial charge >= 0.3 is 0 Å². The van der Waals surface area contributed by atoms with Crippen LogP contribution in [0.5, 0.6) is 5.75 Å². The molecule has 1 atom stereocenters. The summed E-state index contributed by atoms with van der Waals surface area (Å²) in [5.41, 5.74) is 3.01. The molecule has 2 amide bonds. The molecule has 3 aromatic rings. The zero-order valence-electron chi connectivity index (χ0n) is 24.6. The Labute approximate surface area is 256 Å². The van der Waals surface area contributed by atoms with Crippen molar-refractivity contribution in [3.05, 3.63) is 52.6 Å². The fourth-order valence-corrected chi connectivity index (χ4v) is 7.33. The number of nitrogens with one attached hydrogen (secondary N) is 1. The number of amides is 2. The highest BCUT2D eigenvalue weighted by atomic mass is 79.9. The summed E-state index contributed by atoms with van der Waals surface area (Å²) in [5, 5.41) is 8.16. The van der Waals surface area contributed by atoms with Crippen molar-refractivity contribution in [2.45, 2.75) is 69.8 Å². The molecule has 1 aromatic heterocycles. The number of anilines is 1. The molecule has 1 N–H and O–H groups in total. The molecule has 1 saturated carbocycles. The predicted molar refractivity (Wildman–Crippen MR) is 169 cm³/mol. The Morgan fingerprint density at radius 3 is 2.55 bits per heavy atom. The van der Waals surface area contributed by atoms with Crippen molar-refractivity contribution in [3.8, 4) is 5.75 Å². The first kappa shape index (κ1) is 29.2. The third kappa shape index (κ3) is 6.83. The van der Waals surface area contributed by atoms with Crippen molar-refractivity contribution in [2.75, 3.05) is 37.6 Å². The van der Waals surface area contributed by atoms with Crippen molar-refractivity contribution in [1.82, 2.24) is 20.0 Å². The van der Waals surface area contributed by atoms with E-state index in [0.717, 1.165) is 58.9 Å². The highest BCUT2D eigenvalue weighted by Gasteiger charge is 2.32. The molecule has 1 unspecified atom stereocenters. The molecule has 1 aliphatic carbocycles. The molecule has 2 saturated heterocycles. The summed E-state index contributed by atoms with van der Waals surface area (Å²) in [5.74, 6) is 1.03. The second-order valence-electron chi connectivity index (χ2n) is 12.3. The first-order valence-corrected chi connectivity index (χ1v) is 16.4. The van der Waals surface area contributed by atoms with Gasteiger partial charge in [-0.2, -0.15) is 5.10 Å². The van der Waals surface area contributed by atoms with Crippen molar-refractivity contribution in [2.24, 2.45) is 13.0 Å². The van der Waals surface area contributed by atoms with Crippen molar-refractivity contribution < 1.29 is 14.3 Å². The highest BCUT2D eigenvalue weighted by molar-refractivity contribution is 9.10. The van der Waals surface area contributed by atoms with E-state index in [4.69, 9.17) is 9.84 Å². The number of hydrogen-bond donors (Lipinski definition) is 1. The van der Waals surface area contributed by atoms with E-state index in [9.17, 15) is 9.59 Å². The number of piperidine rings is 1. The minimum Gasteiger partial charge on any atom is -0.490 e. The molecule has 2 aliphatic heterocycles. The lowest BCUT2D eigenvalue weighted by Gasteiger charge is -2.36. The molecule has 3 fully saturated rings. The number of hydrogen-bond acceptors (Lipinski definition) is 6. The smallest absolute Gasteiger partial charge is 0.235 e. The van der Waals surface area contributed by atoms with Gasteiger partial charge in [-0.05, 0) is 87.4 Å². The molecule has 0 spiro atoms. The number of halogens is 1. The normalized spacial score (nSPS) is 23.8. The van der Waals surface area contributed by atoms with E-state index >= 15 is 0 Å². The number of aromatic nitrogens is 2. The summed E-state index contributed by atoms with van der Waals surface area (Å²) >= 11 is 3.53. The van der Waals surface area contributed by atoms with Crippen LogP contribution in [0.25, 0.3) is 10.9 Å². The van der Waals surface area contributed by atoms with Gasteiger partial charge in [-0.3, -0.25) is 24.5 Å². The van der Waals surface area contributed by atoms with Gasteiger partial charge in [0.05, 0.1) is 23.2 Å². The van der Waals surface area contributed by atoms with Gasteiger partial charge in [0.1, 0.15) is 5.75 Å². The van der Waals surface area contributed by atoms with Crippen molar-refractivity contribution in [1.29, 1.82) is 0 Å². The molecule has 3 aliphatic rings. The number of fused-ring (bicyclic) bond motifs is 1. The standard InChI is InChI=1S/C33H42BrN5O3/c1-37-30-22-25(10-13-28(30)32(36-37)29-14-15-31(40)35-33(29)41)39-19-17-38(18-20-39)16-3-2-5-23-8-11-26(12-9-23)42-27-7-4-6-24(34)21-27/h4,6-7,10,13,21-23,26,29H,2-3,5,8-9,11-12,14-20H2,1H3,(H,35,40,41). The molecule has 6 rings (SSSR count). The summed E-state index contributed by atoms with van der Waals surface area (Å²) in [6.07, 6.45) is 10.1. The summed E-state index contributed by atoms with van der Waals surface area (Å²) in [7, 11) is 1.93. The second kappa shape index (κ2) is 13.2. The minimum atomic E-state index is -0.368. The third-order valence-corrected chi connectivity index (χ3v) is 9.89. The van der Waals surface area contributed by atoms with Crippen molar-refractivity contribution in [3.63, 3.8) is 0 Å². The number of rotatable bonds is 9. The maximum Gasteiger partial charge on any atom is 0.235 e. The number of ether oxygens (including phenoxy) is 1. The number of carbonyl (C=O) groups is 2. The number of nitrogens with zero attached hydrogens (tertiary/aromatic N) is 4. The van der Waals surface area contributed by atoms with E-state index in [1.165, 1.54) is 57.2 Å². The van der Waals surface area contributed by atoms with Crippen LogP contribution in [0.1, 0.15) is 69.4 Å². The van der Waals surface area contributed by atoms with Crippen LogP contribution in [0, 0.1) is 5.92 Å². The Kier molecular flexibility index (Phi) is 9.14. The van der Waals surface area contributed by atoms with Gasteiger partial charge in [0.25, 0.3) is 0 Å². The molecule has 2 aromatic carbocycles. The van der Waals surface area contributed by atoms with Gasteiger partial charge < -0.3 is 9.64 Å². The zero-order valence-corrected chi connectivity index (χ0v) is 26.2. The molecule has 3 heterocycles. The molecular weight excluding hydrogens is 594 g/mol. The van der Waals surface area contributed by atoms with E-state index in [1.807, 2.05) is 23.9 Å². The number of unbranched alkanes of at least 4 members (excludes halogenated alkanes) is 1. The Bertz CT molecular complexity index is 1410. The van der Waals surface area contributed by atoms with E-state index in [1.54, 1.807) is 0 Å². The Balaban J connectivity index is 0.919. The van der Waals surface area contributed by atoms with Crippen LogP contribution >= 0.6 is 15.9 Å². The maximum absolute atomic E-state index is 12.5. The molecule has 8 nitrogen and oxygen atoms in total. The topological polar surface area (TPSA) is 79.7 Å². The van der Waals surface area contributed by atoms with Crippen LogP contribution in [0.15, 0.2) is 46.9 Å². The zero-order chi connectivity index (χ0) is 29.1. The fourth-order valence-electron chi connectivity index (χ4n) is 6.95. The molecule has 0 bridgehead atoms.